The Morgan fingerprint density at radius 3 is 2.64 bits per heavy atom. The van der Waals surface area contributed by atoms with E-state index in [0.717, 1.165) is 16.4 Å². The van der Waals surface area contributed by atoms with Crippen molar-refractivity contribution in [2.24, 2.45) is 0 Å². The van der Waals surface area contributed by atoms with Crippen molar-refractivity contribution >= 4 is 28.6 Å². The summed E-state index contributed by atoms with van der Waals surface area (Å²) in [7, 11) is 0. The average molecular weight is 308 g/mol. The van der Waals surface area contributed by atoms with E-state index in [4.69, 9.17) is 4.74 Å². The molecule has 14 heavy (non-hydrogen) atoms. The molecule has 1 aliphatic heterocycles. The fourth-order valence-electron chi connectivity index (χ4n) is 1.57. The second kappa shape index (κ2) is 6.43. The summed E-state index contributed by atoms with van der Waals surface area (Å²) in [6.45, 7) is 2.21. The van der Waals surface area contributed by atoms with Gasteiger partial charge in [-0.1, -0.05) is 32.6 Å². The van der Waals surface area contributed by atoms with Crippen LogP contribution in [-0.4, -0.2) is 12.1 Å². The van der Waals surface area contributed by atoms with Crippen molar-refractivity contribution in [3.8, 4) is 0 Å². The molecule has 1 unspecified atom stereocenters. The van der Waals surface area contributed by atoms with E-state index in [0.29, 0.717) is 0 Å². The fourth-order valence-corrected chi connectivity index (χ4v) is 2.26. The quantitative estimate of drug-likeness (QED) is 0.426. The molecule has 1 atom stereocenters. The third kappa shape index (κ3) is 3.98. The van der Waals surface area contributed by atoms with E-state index in [2.05, 4.69) is 29.5 Å². The van der Waals surface area contributed by atoms with Gasteiger partial charge in [0.2, 0.25) is 0 Å². The number of ether oxygens (including phenoxy) is 1. The molecule has 0 saturated heterocycles. The van der Waals surface area contributed by atoms with Gasteiger partial charge in [0.05, 0.1) is 0 Å². The molecule has 0 amide bonds. The molecule has 1 aliphatic rings. The normalized spacial score (nSPS) is 20.9. The predicted molar refractivity (Wildman–Crippen MR) is 65.4 cm³/mol. The largest absolute Gasteiger partial charge is 0.454 e. The lowest BCUT2D eigenvalue weighted by molar-refractivity contribution is -0.138. The highest BCUT2D eigenvalue weighted by atomic mass is 127. The molecular weight excluding hydrogens is 291 g/mol. The van der Waals surface area contributed by atoms with E-state index in [1.807, 2.05) is 0 Å². The molecule has 80 valence electrons. The van der Waals surface area contributed by atoms with Crippen molar-refractivity contribution in [1.82, 2.24) is 0 Å². The minimum absolute atomic E-state index is 0.0599. The van der Waals surface area contributed by atoms with E-state index < -0.39 is 0 Å². The first kappa shape index (κ1) is 12.0. The summed E-state index contributed by atoms with van der Waals surface area (Å²) >= 11 is 2.19. The zero-order valence-electron chi connectivity index (χ0n) is 8.59. The van der Waals surface area contributed by atoms with Crippen molar-refractivity contribution in [3.05, 3.63) is 9.66 Å². The maximum Gasteiger partial charge on any atom is 0.332 e. The molecule has 0 aromatic heterocycles. The minimum atomic E-state index is -0.173. The van der Waals surface area contributed by atoms with Crippen LogP contribution in [0.15, 0.2) is 9.66 Å². The van der Waals surface area contributed by atoms with Crippen molar-refractivity contribution in [2.45, 2.75) is 51.6 Å². The molecule has 0 saturated carbocycles. The summed E-state index contributed by atoms with van der Waals surface area (Å²) < 4.78 is 6.20. The summed E-state index contributed by atoms with van der Waals surface area (Å²) in [5, 5.41) is 0. The summed E-state index contributed by atoms with van der Waals surface area (Å²) in [5.41, 5.74) is 0. The zero-order chi connectivity index (χ0) is 10.4. The van der Waals surface area contributed by atoms with Gasteiger partial charge in [0.1, 0.15) is 6.10 Å². The zero-order valence-corrected chi connectivity index (χ0v) is 10.7. The highest BCUT2D eigenvalue weighted by molar-refractivity contribution is 14.1. The van der Waals surface area contributed by atoms with Gasteiger partial charge in [0.15, 0.2) is 0 Å². The molecule has 0 N–H and O–H groups in total. The van der Waals surface area contributed by atoms with Crippen molar-refractivity contribution in [1.29, 1.82) is 0 Å². The first-order valence-electron chi connectivity index (χ1n) is 5.31. The molecule has 1 heterocycles. The maximum atomic E-state index is 10.9. The number of carbonyl (C=O) groups excluding carboxylic acids is 1. The van der Waals surface area contributed by atoms with E-state index in [9.17, 15) is 4.79 Å². The van der Waals surface area contributed by atoms with Crippen LogP contribution in [0.5, 0.6) is 0 Å². The molecule has 3 heteroatoms. The standard InChI is InChI=1S/C11H17IO2/c1-2-3-4-5-6-7-10-9(12)8-11(13)14-10/h8,10H,2-7H2,1H3. The second-order valence-corrected chi connectivity index (χ2v) is 4.90. The molecular formula is C11H17IO2. The minimum Gasteiger partial charge on any atom is -0.454 e. The van der Waals surface area contributed by atoms with E-state index in [-0.39, 0.29) is 12.1 Å². The highest BCUT2D eigenvalue weighted by Gasteiger charge is 2.23. The Balaban J connectivity index is 2.08. The number of cyclic esters (lactones) is 1. The van der Waals surface area contributed by atoms with Gasteiger partial charge in [-0.2, -0.15) is 0 Å². The van der Waals surface area contributed by atoms with Gasteiger partial charge in [-0.25, -0.2) is 4.79 Å². The van der Waals surface area contributed by atoms with Crippen molar-refractivity contribution < 1.29 is 9.53 Å². The molecule has 0 bridgehead atoms. The third-order valence-corrected chi connectivity index (χ3v) is 3.40. The van der Waals surface area contributed by atoms with Crippen LogP contribution in [0.3, 0.4) is 0 Å². The Morgan fingerprint density at radius 2 is 2.07 bits per heavy atom. The van der Waals surface area contributed by atoms with Gasteiger partial charge in [-0.3, -0.25) is 0 Å². The van der Waals surface area contributed by atoms with Crippen LogP contribution in [0.1, 0.15) is 45.4 Å². The number of unbranched alkanes of at least 4 members (excludes halogenated alkanes) is 4. The lowest BCUT2D eigenvalue weighted by Crippen LogP contribution is -2.09. The molecule has 0 spiro atoms. The topological polar surface area (TPSA) is 26.3 Å². The fraction of sp³-hybridized carbons (Fsp3) is 0.727. The lowest BCUT2D eigenvalue weighted by Gasteiger charge is -2.09. The predicted octanol–water partition coefficient (Wildman–Crippen LogP) is 3.59. The monoisotopic (exact) mass is 308 g/mol. The second-order valence-electron chi connectivity index (χ2n) is 3.66. The van der Waals surface area contributed by atoms with Crippen LogP contribution in [0.25, 0.3) is 0 Å². The van der Waals surface area contributed by atoms with Gasteiger partial charge in [0.25, 0.3) is 0 Å². The number of carbonyl (C=O) groups is 1. The van der Waals surface area contributed by atoms with Crippen LogP contribution in [0.2, 0.25) is 0 Å². The Morgan fingerprint density at radius 1 is 1.36 bits per heavy atom. The van der Waals surface area contributed by atoms with Crippen LogP contribution in [0, 0.1) is 0 Å². The third-order valence-electron chi connectivity index (χ3n) is 2.39. The molecule has 0 aromatic carbocycles. The van der Waals surface area contributed by atoms with Crippen molar-refractivity contribution in [3.63, 3.8) is 0 Å². The molecule has 0 aromatic rings. The van der Waals surface area contributed by atoms with Gasteiger partial charge in [-0.05, 0) is 35.4 Å². The summed E-state index contributed by atoms with van der Waals surface area (Å²) in [5.74, 6) is -0.173. The van der Waals surface area contributed by atoms with E-state index in [1.54, 1.807) is 6.08 Å². The molecule has 0 radical (unpaired) electrons. The van der Waals surface area contributed by atoms with E-state index in [1.165, 1.54) is 25.7 Å². The Kier molecular flexibility index (Phi) is 5.52. The number of esters is 1. The van der Waals surface area contributed by atoms with Crippen molar-refractivity contribution in [2.75, 3.05) is 0 Å². The molecule has 2 nitrogen and oxygen atoms in total. The number of hydrogen-bond acceptors (Lipinski definition) is 2. The first-order valence-corrected chi connectivity index (χ1v) is 6.39. The maximum absolute atomic E-state index is 10.9. The van der Waals surface area contributed by atoms with Crippen LogP contribution >= 0.6 is 22.6 Å². The molecule has 0 aliphatic carbocycles. The van der Waals surface area contributed by atoms with Gasteiger partial charge < -0.3 is 4.74 Å². The van der Waals surface area contributed by atoms with Crippen LogP contribution < -0.4 is 0 Å². The number of halogens is 1. The van der Waals surface area contributed by atoms with Crippen LogP contribution in [-0.2, 0) is 9.53 Å². The Hall–Kier alpha value is -0.0600. The summed E-state index contributed by atoms with van der Waals surface area (Å²) in [4.78, 5) is 10.9. The number of hydrogen-bond donors (Lipinski definition) is 0. The summed E-state index contributed by atoms with van der Waals surface area (Å²) in [6.07, 6.45) is 8.96. The van der Waals surface area contributed by atoms with Gasteiger partial charge >= 0.3 is 5.97 Å². The smallest absolute Gasteiger partial charge is 0.332 e. The lowest BCUT2D eigenvalue weighted by atomic mass is 10.1. The SMILES string of the molecule is CCCCCCCC1OC(=O)C=C1I. The van der Waals surface area contributed by atoms with Crippen LogP contribution in [0.4, 0.5) is 0 Å². The average Bonchev–Trinajstić information content (AvgIpc) is 2.45. The first-order chi connectivity index (χ1) is 6.74. The number of rotatable bonds is 6. The summed E-state index contributed by atoms with van der Waals surface area (Å²) in [6, 6.07) is 0. The van der Waals surface area contributed by atoms with Gasteiger partial charge in [0, 0.05) is 9.66 Å². The Labute approximate surface area is 99.2 Å². The van der Waals surface area contributed by atoms with Gasteiger partial charge in [-0.15, -0.1) is 0 Å². The Bertz CT molecular complexity index is 223. The van der Waals surface area contributed by atoms with E-state index >= 15 is 0 Å². The highest BCUT2D eigenvalue weighted by Crippen LogP contribution is 2.26. The molecule has 0 fully saturated rings. The molecule has 1 rings (SSSR count).